The molecule has 8 nitrogen and oxygen atoms in total. The van der Waals surface area contributed by atoms with E-state index in [1.54, 1.807) is 0 Å². The zero-order valence-electron chi connectivity index (χ0n) is 10.8. The Labute approximate surface area is 119 Å². The molecule has 0 saturated carbocycles. The maximum absolute atomic E-state index is 13.6. The van der Waals surface area contributed by atoms with Gasteiger partial charge in [0.2, 0.25) is 15.8 Å². The molecule has 2 rings (SSSR count). The van der Waals surface area contributed by atoms with Crippen molar-refractivity contribution >= 4 is 15.7 Å². The van der Waals surface area contributed by atoms with E-state index in [9.17, 15) is 22.9 Å². The van der Waals surface area contributed by atoms with Gasteiger partial charge in [0.1, 0.15) is 0 Å². The van der Waals surface area contributed by atoms with Crippen LogP contribution in [-0.4, -0.2) is 23.3 Å². The largest absolute Gasteiger partial charge is 0.347 e. The van der Waals surface area contributed by atoms with Gasteiger partial charge in [-0.05, 0) is 18.6 Å². The fraction of sp³-hybridized carbons (Fsp3) is 0.182. The summed E-state index contributed by atoms with van der Waals surface area (Å²) in [6, 6.07) is 1.73. The van der Waals surface area contributed by atoms with Crippen LogP contribution in [-0.2, 0) is 16.6 Å². The molecule has 0 fully saturated rings. The second-order valence-corrected chi connectivity index (χ2v) is 6.00. The van der Waals surface area contributed by atoms with Crippen LogP contribution < -0.4 is 4.72 Å². The van der Waals surface area contributed by atoms with Gasteiger partial charge in [-0.25, -0.2) is 18.1 Å². The molecule has 0 saturated heterocycles. The third kappa shape index (κ3) is 3.23. The van der Waals surface area contributed by atoms with Crippen molar-refractivity contribution in [3.8, 4) is 0 Å². The van der Waals surface area contributed by atoms with E-state index in [1.807, 2.05) is 0 Å². The fourth-order valence-electron chi connectivity index (χ4n) is 1.64. The van der Waals surface area contributed by atoms with Crippen molar-refractivity contribution < 1.29 is 17.7 Å². The van der Waals surface area contributed by atoms with Crippen molar-refractivity contribution in [1.29, 1.82) is 0 Å². The summed E-state index contributed by atoms with van der Waals surface area (Å²) >= 11 is 0. The molecule has 0 aliphatic rings. The highest BCUT2D eigenvalue weighted by Gasteiger charge is 2.23. The summed E-state index contributed by atoms with van der Waals surface area (Å²) < 4.78 is 40.0. The number of benzene rings is 1. The van der Waals surface area contributed by atoms with Crippen LogP contribution in [0.1, 0.15) is 11.3 Å². The summed E-state index contributed by atoms with van der Waals surface area (Å²) in [7, 11) is -4.00. The summed E-state index contributed by atoms with van der Waals surface area (Å²) in [5, 5.41) is 10.7. The molecule has 2 aromatic rings. The van der Waals surface area contributed by atoms with Crippen LogP contribution >= 0.6 is 0 Å². The lowest BCUT2D eigenvalue weighted by Gasteiger charge is -2.07. The molecule has 1 aromatic heterocycles. The first-order valence-corrected chi connectivity index (χ1v) is 7.21. The third-order valence-corrected chi connectivity index (χ3v) is 4.10. The number of rotatable bonds is 5. The van der Waals surface area contributed by atoms with Gasteiger partial charge in [-0.3, -0.25) is 10.1 Å². The molecule has 10 heteroatoms. The molecule has 1 aromatic carbocycles. The average Bonchev–Trinajstić information content (AvgIpc) is 2.92. The van der Waals surface area contributed by atoms with Crippen molar-refractivity contribution in [2.24, 2.45) is 0 Å². The Hall–Kier alpha value is -2.33. The molecule has 1 heterocycles. The molecule has 112 valence electrons. The maximum atomic E-state index is 13.6. The Morgan fingerprint density at radius 1 is 1.48 bits per heavy atom. The van der Waals surface area contributed by atoms with Crippen LogP contribution in [0, 0.1) is 22.9 Å². The van der Waals surface area contributed by atoms with Gasteiger partial charge < -0.3 is 4.98 Å². The van der Waals surface area contributed by atoms with Gasteiger partial charge in [0.15, 0.2) is 0 Å². The molecular weight excluding hydrogens is 303 g/mol. The number of hydrogen-bond acceptors (Lipinski definition) is 5. The summed E-state index contributed by atoms with van der Waals surface area (Å²) in [6.07, 6.45) is 2.82. The van der Waals surface area contributed by atoms with Crippen molar-refractivity contribution in [3.05, 3.63) is 51.8 Å². The Balaban J connectivity index is 2.33. The Morgan fingerprint density at radius 2 is 2.19 bits per heavy atom. The number of aryl methyl sites for hydroxylation is 1. The van der Waals surface area contributed by atoms with Gasteiger partial charge in [-0.2, -0.15) is 4.39 Å². The lowest BCUT2D eigenvalue weighted by Crippen LogP contribution is -2.23. The summed E-state index contributed by atoms with van der Waals surface area (Å²) in [5.74, 6) is -1.05. The Morgan fingerprint density at radius 3 is 2.76 bits per heavy atom. The van der Waals surface area contributed by atoms with Crippen LogP contribution in [0.15, 0.2) is 29.6 Å². The number of aromatic nitrogens is 2. The first kappa shape index (κ1) is 15.1. The third-order valence-electron chi connectivity index (χ3n) is 2.72. The minimum atomic E-state index is -4.00. The van der Waals surface area contributed by atoms with Crippen molar-refractivity contribution in [1.82, 2.24) is 14.7 Å². The van der Waals surface area contributed by atoms with E-state index in [-0.39, 0.29) is 17.0 Å². The predicted octanol–water partition coefficient (Wildman–Crippen LogP) is 1.24. The van der Waals surface area contributed by atoms with Crippen molar-refractivity contribution in [2.75, 3.05) is 0 Å². The number of halogens is 1. The van der Waals surface area contributed by atoms with Gasteiger partial charge in [0.25, 0.3) is 0 Å². The quantitative estimate of drug-likeness (QED) is 0.636. The number of nitrogens with one attached hydrogen (secondary N) is 2. The molecule has 0 aliphatic carbocycles. The zero-order chi connectivity index (χ0) is 15.6. The van der Waals surface area contributed by atoms with Gasteiger partial charge in [0, 0.05) is 18.0 Å². The van der Waals surface area contributed by atoms with E-state index in [0.717, 1.165) is 6.07 Å². The highest BCUT2D eigenvalue weighted by molar-refractivity contribution is 7.89. The molecule has 0 amide bonds. The topological polar surface area (TPSA) is 118 Å². The van der Waals surface area contributed by atoms with Crippen molar-refractivity contribution in [3.63, 3.8) is 0 Å². The van der Waals surface area contributed by atoms with E-state index in [4.69, 9.17) is 0 Å². The molecule has 0 spiro atoms. The number of imidazole rings is 1. The molecule has 2 N–H and O–H groups in total. The van der Waals surface area contributed by atoms with E-state index in [2.05, 4.69) is 14.7 Å². The van der Waals surface area contributed by atoms with Gasteiger partial charge in [-0.1, -0.05) is 0 Å². The highest BCUT2D eigenvalue weighted by atomic mass is 32.2. The van der Waals surface area contributed by atoms with Crippen LogP contribution in [0.4, 0.5) is 10.1 Å². The minimum absolute atomic E-state index is 0.0629. The number of nitrogens with zero attached hydrogens (tertiary/aromatic N) is 2. The Bertz CT molecular complexity index is 774. The van der Waals surface area contributed by atoms with Gasteiger partial charge >= 0.3 is 5.69 Å². The number of hydrogen-bond donors (Lipinski definition) is 2. The minimum Gasteiger partial charge on any atom is -0.347 e. The first-order valence-electron chi connectivity index (χ1n) is 5.72. The van der Waals surface area contributed by atoms with Gasteiger partial charge in [0.05, 0.1) is 22.7 Å². The zero-order valence-corrected chi connectivity index (χ0v) is 11.6. The fourth-order valence-corrected chi connectivity index (χ4v) is 2.75. The summed E-state index contributed by atoms with van der Waals surface area (Å²) in [5.41, 5.74) is -0.477. The van der Waals surface area contributed by atoms with E-state index in [1.165, 1.54) is 19.4 Å². The lowest BCUT2D eigenvalue weighted by atomic mass is 10.2. The van der Waals surface area contributed by atoms with Crippen molar-refractivity contribution in [2.45, 2.75) is 18.4 Å². The van der Waals surface area contributed by atoms with E-state index in [0.29, 0.717) is 11.8 Å². The summed E-state index contributed by atoms with van der Waals surface area (Å²) in [6.45, 7) is 1.20. The molecular formula is C11H11FN4O4S. The van der Waals surface area contributed by atoms with E-state index < -0.39 is 26.5 Å². The second kappa shape index (κ2) is 5.58. The molecule has 21 heavy (non-hydrogen) atoms. The van der Waals surface area contributed by atoms with Crippen LogP contribution in [0.5, 0.6) is 0 Å². The predicted molar refractivity (Wildman–Crippen MR) is 70.4 cm³/mol. The normalized spacial score (nSPS) is 11.5. The smallest absolute Gasteiger partial charge is 0.306 e. The number of H-pyrrole nitrogens is 1. The monoisotopic (exact) mass is 314 g/mol. The highest BCUT2D eigenvalue weighted by Crippen LogP contribution is 2.25. The second-order valence-electron chi connectivity index (χ2n) is 4.23. The van der Waals surface area contributed by atoms with E-state index >= 15 is 0 Å². The lowest BCUT2D eigenvalue weighted by molar-refractivity contribution is -0.387. The number of nitro benzene ring substituents is 1. The first-order chi connectivity index (χ1) is 9.81. The average molecular weight is 314 g/mol. The SMILES string of the molecule is Cc1cc(S(=O)(=O)NCc2cnc[nH]2)cc([N+](=O)[O-])c1F. The van der Waals surface area contributed by atoms with Crippen LogP contribution in [0.3, 0.4) is 0 Å². The standard InChI is InChI=1S/C11H11FN4O4S/c1-7-2-9(3-10(11(7)12)16(17)18)21(19,20)15-5-8-4-13-6-14-8/h2-4,6,15H,5H2,1H3,(H,13,14). The van der Waals surface area contributed by atoms with Gasteiger partial charge in [-0.15, -0.1) is 0 Å². The molecule has 0 aliphatic heterocycles. The molecule has 0 radical (unpaired) electrons. The van der Waals surface area contributed by atoms with Crippen LogP contribution in [0.2, 0.25) is 0 Å². The number of aromatic amines is 1. The summed E-state index contributed by atoms with van der Waals surface area (Å²) in [4.78, 5) is 15.8. The Kier molecular flexibility index (Phi) is 4.00. The molecule has 0 unspecified atom stereocenters. The number of nitro groups is 1. The van der Waals surface area contributed by atoms with Crippen LogP contribution in [0.25, 0.3) is 0 Å². The molecule has 0 bridgehead atoms. The maximum Gasteiger partial charge on any atom is 0.306 e. The molecule has 0 atom stereocenters. The number of sulfonamides is 1.